The molecule has 0 aliphatic heterocycles. The monoisotopic (exact) mass is 330 g/mol. The molecule has 0 aromatic heterocycles. The van der Waals surface area contributed by atoms with Crippen LogP contribution in [-0.4, -0.2) is 17.1 Å². The van der Waals surface area contributed by atoms with E-state index in [1.54, 1.807) is 12.1 Å². The van der Waals surface area contributed by atoms with Crippen LogP contribution in [0.4, 0.5) is 0 Å². The summed E-state index contributed by atoms with van der Waals surface area (Å²) in [5.41, 5.74) is 1.76. The topological polar surface area (TPSA) is 76.0 Å². The van der Waals surface area contributed by atoms with E-state index in [1.807, 2.05) is 41.5 Å². The molecule has 0 aliphatic carbocycles. The maximum atomic E-state index is 11.4. The summed E-state index contributed by atoms with van der Waals surface area (Å²) in [5.74, 6) is 0.266. The first-order valence-electron chi connectivity index (χ1n) is 7.18. The smallest absolute Gasteiger partial charge is 0.472 e. The molecule has 0 saturated carbocycles. The van der Waals surface area contributed by atoms with Crippen molar-refractivity contribution in [2.45, 2.75) is 59.0 Å². The number of phenols is 1. The molecule has 1 rings (SSSR count). The summed E-state index contributed by atoms with van der Waals surface area (Å²) >= 11 is 0. The maximum absolute atomic E-state index is 11.4. The summed E-state index contributed by atoms with van der Waals surface area (Å²) in [5, 5.41) is 10.6. The molecule has 2 N–H and O–H groups in total. The highest BCUT2D eigenvalue weighted by molar-refractivity contribution is 7.47. The minimum Gasteiger partial charge on any atom is -0.507 e. The number of phenolic OH excluding ortho intramolecular Hbond substituents is 1. The van der Waals surface area contributed by atoms with Crippen molar-refractivity contribution in [1.29, 1.82) is 0 Å². The van der Waals surface area contributed by atoms with E-state index in [4.69, 9.17) is 4.52 Å². The van der Waals surface area contributed by atoms with Crippen molar-refractivity contribution in [1.82, 2.24) is 0 Å². The Kier molecular flexibility index (Phi) is 5.51. The van der Waals surface area contributed by atoms with Gasteiger partial charge in [0.05, 0.1) is 6.61 Å². The van der Waals surface area contributed by atoms with Crippen LogP contribution in [0.1, 0.15) is 58.2 Å². The zero-order chi connectivity index (χ0) is 17.3. The van der Waals surface area contributed by atoms with Crippen LogP contribution in [-0.2, 0) is 31.0 Å². The van der Waals surface area contributed by atoms with Crippen molar-refractivity contribution in [2.75, 3.05) is 7.11 Å². The van der Waals surface area contributed by atoms with Gasteiger partial charge in [0.15, 0.2) is 0 Å². The number of hydrogen-bond acceptors (Lipinski definition) is 4. The molecule has 1 unspecified atom stereocenters. The molecule has 0 bridgehead atoms. The normalized spacial score (nSPS) is 15.6. The Morgan fingerprint density at radius 2 is 1.45 bits per heavy atom. The largest absolute Gasteiger partial charge is 0.507 e. The number of benzene rings is 1. The molecule has 0 fully saturated rings. The van der Waals surface area contributed by atoms with Gasteiger partial charge in [-0.15, -0.1) is 0 Å². The lowest BCUT2D eigenvalue weighted by Crippen LogP contribution is -2.18. The van der Waals surface area contributed by atoms with Gasteiger partial charge in [-0.1, -0.05) is 41.5 Å². The lowest BCUT2D eigenvalue weighted by molar-refractivity contribution is 0.166. The van der Waals surface area contributed by atoms with Crippen molar-refractivity contribution < 1.29 is 23.6 Å². The van der Waals surface area contributed by atoms with Crippen LogP contribution in [0.3, 0.4) is 0 Å². The van der Waals surface area contributed by atoms with Gasteiger partial charge < -0.3 is 10.00 Å². The highest BCUT2D eigenvalue weighted by Crippen LogP contribution is 2.44. The summed E-state index contributed by atoms with van der Waals surface area (Å²) in [6.07, 6.45) is 0. The Morgan fingerprint density at radius 1 is 1.05 bits per heavy atom. The van der Waals surface area contributed by atoms with Crippen LogP contribution in [0.15, 0.2) is 12.1 Å². The van der Waals surface area contributed by atoms with Crippen LogP contribution < -0.4 is 0 Å². The minimum atomic E-state index is -4.02. The van der Waals surface area contributed by atoms with E-state index in [1.165, 1.54) is 0 Å². The van der Waals surface area contributed by atoms with Crippen molar-refractivity contribution in [2.24, 2.45) is 0 Å². The second-order valence-corrected chi connectivity index (χ2v) is 9.02. The first kappa shape index (κ1) is 19.2. The first-order chi connectivity index (χ1) is 9.78. The molecule has 0 spiro atoms. The highest BCUT2D eigenvalue weighted by Gasteiger charge is 2.27. The fourth-order valence-corrected chi connectivity index (χ4v) is 2.55. The second-order valence-electron chi connectivity index (χ2n) is 7.46. The summed E-state index contributed by atoms with van der Waals surface area (Å²) < 4.78 is 20.8. The van der Waals surface area contributed by atoms with Gasteiger partial charge >= 0.3 is 7.82 Å². The van der Waals surface area contributed by atoms with Gasteiger partial charge in [0.1, 0.15) is 5.75 Å². The van der Waals surface area contributed by atoms with E-state index in [2.05, 4.69) is 4.52 Å². The molecule has 5 nitrogen and oxygen atoms in total. The van der Waals surface area contributed by atoms with E-state index >= 15 is 0 Å². The Morgan fingerprint density at radius 3 is 1.77 bits per heavy atom. The predicted octanol–water partition coefficient (Wildman–Crippen LogP) is 4.25. The molecule has 0 heterocycles. The Balaban J connectivity index is 3.33. The van der Waals surface area contributed by atoms with Crippen LogP contribution >= 0.6 is 7.82 Å². The number of rotatable bonds is 4. The van der Waals surface area contributed by atoms with E-state index in [9.17, 15) is 14.6 Å². The van der Waals surface area contributed by atoms with Gasteiger partial charge in [0, 0.05) is 7.11 Å². The average molecular weight is 330 g/mol. The average Bonchev–Trinajstić information content (AvgIpc) is 2.34. The van der Waals surface area contributed by atoms with Crippen LogP contribution in [0.2, 0.25) is 0 Å². The van der Waals surface area contributed by atoms with Gasteiger partial charge in [-0.05, 0) is 39.7 Å². The quantitative estimate of drug-likeness (QED) is 0.807. The molecular formula is C16H27O5P. The molecule has 1 aromatic rings. The molecular weight excluding hydrogens is 303 g/mol. The Bertz CT molecular complexity index is 546. The second kappa shape index (κ2) is 6.32. The van der Waals surface area contributed by atoms with E-state index in [0.717, 1.165) is 23.8 Å². The third-order valence-electron chi connectivity index (χ3n) is 3.41. The number of phosphoric ester groups is 1. The van der Waals surface area contributed by atoms with Crippen molar-refractivity contribution in [3.8, 4) is 5.75 Å². The lowest BCUT2D eigenvalue weighted by atomic mass is 9.78. The van der Waals surface area contributed by atoms with Crippen LogP contribution in [0.5, 0.6) is 5.75 Å². The highest BCUT2D eigenvalue weighted by atomic mass is 31.2. The molecule has 0 amide bonds. The zero-order valence-corrected chi connectivity index (χ0v) is 15.3. The first-order valence-corrected chi connectivity index (χ1v) is 8.67. The lowest BCUT2D eigenvalue weighted by Gasteiger charge is -2.28. The van der Waals surface area contributed by atoms with Gasteiger partial charge in [0.2, 0.25) is 0 Å². The number of hydrogen-bond donors (Lipinski definition) is 2. The van der Waals surface area contributed by atoms with E-state index < -0.39 is 7.82 Å². The number of aromatic hydroxyl groups is 1. The van der Waals surface area contributed by atoms with Crippen molar-refractivity contribution >= 4 is 7.82 Å². The molecule has 1 atom stereocenters. The summed E-state index contributed by atoms with van der Waals surface area (Å²) in [4.78, 5) is 9.36. The molecule has 126 valence electrons. The predicted molar refractivity (Wildman–Crippen MR) is 87.1 cm³/mol. The fourth-order valence-electron chi connectivity index (χ4n) is 2.13. The van der Waals surface area contributed by atoms with Crippen LogP contribution in [0, 0.1) is 0 Å². The van der Waals surface area contributed by atoms with Gasteiger partial charge in [0.25, 0.3) is 0 Å². The van der Waals surface area contributed by atoms with E-state index in [-0.39, 0.29) is 23.2 Å². The standard InChI is InChI=1S/C16H27O5P/c1-15(2,3)12-8-11(10-21-22(18,19)20-7)9-13(14(12)17)16(4,5)6/h8-9,17H,10H2,1-7H3,(H,18,19). The molecule has 22 heavy (non-hydrogen) atoms. The Hall–Kier alpha value is -0.870. The summed E-state index contributed by atoms with van der Waals surface area (Å²) in [7, 11) is -2.90. The third-order valence-corrected chi connectivity index (χ3v) is 4.33. The van der Waals surface area contributed by atoms with Crippen LogP contribution in [0.25, 0.3) is 0 Å². The maximum Gasteiger partial charge on any atom is 0.472 e. The minimum absolute atomic E-state index is 0.0615. The van der Waals surface area contributed by atoms with Crippen molar-refractivity contribution in [3.63, 3.8) is 0 Å². The molecule has 0 aliphatic rings. The molecule has 1 aromatic carbocycles. The SMILES string of the molecule is COP(=O)(O)OCc1cc(C(C)(C)C)c(O)c(C(C)(C)C)c1. The third kappa shape index (κ3) is 4.82. The zero-order valence-electron chi connectivity index (χ0n) is 14.4. The Labute approximate surface area is 132 Å². The van der Waals surface area contributed by atoms with Gasteiger partial charge in [-0.3, -0.25) is 9.05 Å². The van der Waals surface area contributed by atoms with Gasteiger partial charge in [-0.25, -0.2) is 4.57 Å². The fraction of sp³-hybridized carbons (Fsp3) is 0.625. The number of phosphoric acid groups is 1. The van der Waals surface area contributed by atoms with Gasteiger partial charge in [-0.2, -0.15) is 0 Å². The van der Waals surface area contributed by atoms with Crippen molar-refractivity contribution in [3.05, 3.63) is 28.8 Å². The van der Waals surface area contributed by atoms with E-state index in [0.29, 0.717) is 0 Å². The summed E-state index contributed by atoms with van der Waals surface area (Å²) in [6.45, 7) is 12.0. The molecule has 6 heteroatoms. The molecule has 0 radical (unpaired) electrons. The molecule has 0 saturated heterocycles. The summed E-state index contributed by atoms with van der Waals surface area (Å²) in [6, 6.07) is 3.61.